The van der Waals surface area contributed by atoms with E-state index in [0.29, 0.717) is 5.95 Å². The molecule has 2 heterocycles. The van der Waals surface area contributed by atoms with Gasteiger partial charge >= 0.3 is 0 Å². The van der Waals surface area contributed by atoms with Gasteiger partial charge in [-0.1, -0.05) is 11.6 Å². The molecule has 1 N–H and O–H groups in total. The molecule has 0 saturated carbocycles. The van der Waals surface area contributed by atoms with E-state index in [1.54, 1.807) is 4.52 Å². The summed E-state index contributed by atoms with van der Waals surface area (Å²) in [5.74, 6) is 0.649. The summed E-state index contributed by atoms with van der Waals surface area (Å²) >= 11 is 3.39. The normalized spacial score (nSPS) is 10.4. The number of pyridine rings is 1. The first kappa shape index (κ1) is 11.1. The third-order valence-corrected chi connectivity index (χ3v) is 2.53. The average molecular weight is 281 g/mol. The first-order valence-electron chi connectivity index (χ1n) is 5.04. The third kappa shape index (κ3) is 2.61. The van der Waals surface area contributed by atoms with Gasteiger partial charge in [0.2, 0.25) is 5.95 Å². The number of rotatable bonds is 3. The Bertz CT molecular complexity index is 526. The lowest BCUT2D eigenvalue weighted by molar-refractivity contribution is 0.954. The van der Waals surface area contributed by atoms with E-state index in [0.717, 1.165) is 16.7 Å². The zero-order chi connectivity index (χ0) is 11.5. The summed E-state index contributed by atoms with van der Waals surface area (Å²) in [4.78, 5) is 4.34. The topological polar surface area (TPSA) is 42.2 Å². The molecule has 0 aliphatic carbocycles. The highest BCUT2D eigenvalue weighted by Crippen LogP contribution is 2.11. The third-order valence-electron chi connectivity index (χ3n) is 2.07. The van der Waals surface area contributed by atoms with Crippen LogP contribution in [0.15, 0.2) is 34.5 Å². The summed E-state index contributed by atoms with van der Waals surface area (Å²) in [5, 5.41) is 7.46. The van der Waals surface area contributed by atoms with E-state index in [1.807, 2.05) is 18.3 Å². The number of halogens is 1. The molecule has 0 aromatic carbocycles. The Morgan fingerprint density at radius 2 is 2.31 bits per heavy atom. The van der Waals surface area contributed by atoms with Crippen LogP contribution < -0.4 is 5.32 Å². The van der Waals surface area contributed by atoms with Gasteiger partial charge in [-0.15, -0.1) is 5.10 Å². The van der Waals surface area contributed by atoms with Crippen molar-refractivity contribution < 1.29 is 0 Å². The van der Waals surface area contributed by atoms with Crippen molar-refractivity contribution in [1.29, 1.82) is 0 Å². The number of nitrogens with one attached hydrogen (secondary N) is 1. The van der Waals surface area contributed by atoms with Gasteiger partial charge in [0, 0.05) is 17.2 Å². The monoisotopic (exact) mass is 280 g/mol. The summed E-state index contributed by atoms with van der Waals surface area (Å²) in [7, 11) is 0. The lowest BCUT2D eigenvalue weighted by Gasteiger charge is -1.95. The first-order chi connectivity index (χ1) is 7.65. The van der Waals surface area contributed by atoms with Gasteiger partial charge in [0.15, 0.2) is 5.65 Å². The minimum absolute atomic E-state index is 0.649. The molecule has 2 aromatic heterocycles. The van der Waals surface area contributed by atoms with Crippen LogP contribution in [0.3, 0.4) is 0 Å². The molecule has 5 heteroatoms. The predicted octanol–water partition coefficient (Wildman–Crippen LogP) is 2.87. The number of fused-ring (bicyclic) bond motifs is 1. The molecule has 16 heavy (non-hydrogen) atoms. The maximum atomic E-state index is 4.34. The highest BCUT2D eigenvalue weighted by atomic mass is 79.9. The molecule has 4 nitrogen and oxygen atoms in total. The van der Waals surface area contributed by atoms with Gasteiger partial charge in [0.1, 0.15) is 0 Å². The quantitative estimate of drug-likeness (QED) is 0.880. The van der Waals surface area contributed by atoms with Crippen LogP contribution in [0.1, 0.15) is 13.8 Å². The number of hydrogen-bond donors (Lipinski definition) is 1. The Balaban J connectivity index is 2.17. The molecule has 84 valence electrons. The van der Waals surface area contributed by atoms with E-state index in [-0.39, 0.29) is 0 Å². The summed E-state index contributed by atoms with van der Waals surface area (Å²) in [5.41, 5.74) is 2.11. The van der Waals surface area contributed by atoms with Crippen molar-refractivity contribution in [2.75, 3.05) is 11.9 Å². The van der Waals surface area contributed by atoms with Crippen molar-refractivity contribution in [2.45, 2.75) is 13.8 Å². The zero-order valence-electron chi connectivity index (χ0n) is 9.24. The van der Waals surface area contributed by atoms with Gasteiger partial charge in [-0.05, 0) is 41.9 Å². The molecule has 2 aromatic rings. The van der Waals surface area contributed by atoms with Gasteiger partial charge in [0.25, 0.3) is 0 Å². The Morgan fingerprint density at radius 3 is 3.06 bits per heavy atom. The Kier molecular flexibility index (Phi) is 3.24. The van der Waals surface area contributed by atoms with Crippen molar-refractivity contribution in [1.82, 2.24) is 14.6 Å². The second kappa shape index (κ2) is 4.65. The standard InChI is InChI=1S/C11H13BrN4/c1-8(2)5-6-13-11-14-10-4-3-9(12)7-16(10)15-11/h3-5,7H,6H2,1-2H3,(H,13,15). The van der Waals surface area contributed by atoms with E-state index < -0.39 is 0 Å². The Labute approximate surface area is 103 Å². The molecule has 0 bridgehead atoms. The molecule has 0 unspecified atom stereocenters. The van der Waals surface area contributed by atoms with Crippen molar-refractivity contribution in [3.05, 3.63) is 34.5 Å². The smallest absolute Gasteiger partial charge is 0.243 e. The Morgan fingerprint density at radius 1 is 1.50 bits per heavy atom. The zero-order valence-corrected chi connectivity index (χ0v) is 10.8. The molecule has 0 fully saturated rings. The number of nitrogens with zero attached hydrogens (tertiary/aromatic N) is 3. The van der Waals surface area contributed by atoms with Gasteiger partial charge in [-0.25, -0.2) is 4.52 Å². The molecule has 0 amide bonds. The number of hydrogen-bond acceptors (Lipinski definition) is 3. The van der Waals surface area contributed by atoms with Gasteiger partial charge in [-0.3, -0.25) is 0 Å². The number of anilines is 1. The fourth-order valence-corrected chi connectivity index (χ4v) is 1.61. The minimum atomic E-state index is 0.649. The summed E-state index contributed by atoms with van der Waals surface area (Å²) in [6, 6.07) is 3.87. The van der Waals surface area contributed by atoms with Crippen LogP contribution in [0.2, 0.25) is 0 Å². The van der Waals surface area contributed by atoms with Crippen LogP contribution in [0.4, 0.5) is 5.95 Å². The fraction of sp³-hybridized carbons (Fsp3) is 0.273. The fourth-order valence-electron chi connectivity index (χ4n) is 1.28. The van der Waals surface area contributed by atoms with Crippen molar-refractivity contribution in [2.24, 2.45) is 0 Å². The van der Waals surface area contributed by atoms with Crippen molar-refractivity contribution in [3.8, 4) is 0 Å². The first-order valence-corrected chi connectivity index (χ1v) is 5.83. The maximum Gasteiger partial charge on any atom is 0.243 e. The highest BCUT2D eigenvalue weighted by molar-refractivity contribution is 9.10. The van der Waals surface area contributed by atoms with Gasteiger partial charge < -0.3 is 5.32 Å². The second-order valence-corrected chi connectivity index (χ2v) is 4.66. The molecular weight excluding hydrogens is 268 g/mol. The van der Waals surface area contributed by atoms with Crippen LogP contribution in [0, 0.1) is 0 Å². The summed E-state index contributed by atoms with van der Waals surface area (Å²) < 4.78 is 2.73. The number of allylic oxidation sites excluding steroid dienone is 1. The van der Waals surface area contributed by atoms with E-state index in [9.17, 15) is 0 Å². The maximum absolute atomic E-state index is 4.34. The minimum Gasteiger partial charge on any atom is -0.349 e. The number of aromatic nitrogens is 3. The lowest BCUT2D eigenvalue weighted by atomic mass is 10.3. The van der Waals surface area contributed by atoms with Crippen molar-refractivity contribution in [3.63, 3.8) is 0 Å². The van der Waals surface area contributed by atoms with Crippen LogP contribution in [-0.2, 0) is 0 Å². The average Bonchev–Trinajstić information content (AvgIpc) is 2.58. The van der Waals surface area contributed by atoms with E-state index in [1.165, 1.54) is 5.57 Å². The van der Waals surface area contributed by atoms with E-state index in [4.69, 9.17) is 0 Å². The van der Waals surface area contributed by atoms with E-state index >= 15 is 0 Å². The van der Waals surface area contributed by atoms with E-state index in [2.05, 4.69) is 51.3 Å². The van der Waals surface area contributed by atoms with Crippen LogP contribution in [0.5, 0.6) is 0 Å². The molecule has 0 saturated heterocycles. The van der Waals surface area contributed by atoms with Crippen LogP contribution in [-0.4, -0.2) is 21.1 Å². The highest BCUT2D eigenvalue weighted by Gasteiger charge is 2.01. The van der Waals surface area contributed by atoms with Crippen LogP contribution in [0.25, 0.3) is 5.65 Å². The molecule has 0 aliphatic heterocycles. The molecular formula is C11H13BrN4. The molecule has 2 rings (SSSR count). The SMILES string of the molecule is CC(C)=CCNc1nc2ccc(Br)cn2n1. The van der Waals surface area contributed by atoms with Crippen LogP contribution >= 0.6 is 15.9 Å². The second-order valence-electron chi connectivity index (χ2n) is 3.75. The lowest BCUT2D eigenvalue weighted by Crippen LogP contribution is -2.00. The van der Waals surface area contributed by atoms with Gasteiger partial charge in [0.05, 0.1) is 0 Å². The largest absolute Gasteiger partial charge is 0.349 e. The van der Waals surface area contributed by atoms with Crippen molar-refractivity contribution >= 4 is 27.5 Å². The molecule has 0 radical (unpaired) electrons. The summed E-state index contributed by atoms with van der Waals surface area (Å²) in [6.45, 7) is 4.88. The predicted molar refractivity (Wildman–Crippen MR) is 68.6 cm³/mol. The molecule has 0 aliphatic rings. The summed E-state index contributed by atoms with van der Waals surface area (Å²) in [6.07, 6.45) is 3.98. The molecule has 0 spiro atoms. The molecule has 0 atom stereocenters. The Hall–Kier alpha value is -1.36. The van der Waals surface area contributed by atoms with Gasteiger partial charge in [-0.2, -0.15) is 4.98 Å².